The van der Waals surface area contributed by atoms with Crippen molar-refractivity contribution in [2.24, 2.45) is 0 Å². The van der Waals surface area contributed by atoms with Crippen molar-refractivity contribution in [1.29, 1.82) is 0 Å². The van der Waals surface area contributed by atoms with E-state index in [0.717, 1.165) is 11.1 Å². The number of rotatable bonds is 5. The zero-order valence-electron chi connectivity index (χ0n) is 14.9. The van der Waals surface area contributed by atoms with Gasteiger partial charge in [0.2, 0.25) is 0 Å². The summed E-state index contributed by atoms with van der Waals surface area (Å²) in [5, 5.41) is 0. The van der Waals surface area contributed by atoms with Gasteiger partial charge in [-0.25, -0.2) is 0 Å². The fourth-order valence-electron chi connectivity index (χ4n) is 3.02. The molecule has 8 heteroatoms. The molecular weight excluding hydrogens is 366 g/mol. The number of benzene rings is 2. The molecule has 2 fully saturated rings. The molecule has 4 nitrogen and oxygen atoms in total. The van der Waals surface area contributed by atoms with E-state index >= 15 is 0 Å². The van der Waals surface area contributed by atoms with Crippen molar-refractivity contribution in [1.82, 2.24) is 0 Å². The SMILES string of the molecule is Bc1ccc(SSc2ccc(B)c(C3OCCO3)c2)cc1C1OCCO1. The van der Waals surface area contributed by atoms with Gasteiger partial charge in [-0.1, -0.05) is 44.6 Å². The van der Waals surface area contributed by atoms with Crippen LogP contribution in [0.25, 0.3) is 0 Å². The Bertz CT molecular complexity index is 712. The minimum Gasteiger partial charge on any atom is -0.346 e. The standard InChI is InChI=1S/C18H20B2O4S2/c19-15-3-1-11(9-13(15)17-21-5-6-22-17)25-26-12-2-4-16(20)14(10-12)18-23-7-8-24-18/h1-4,9-10,17-18H,5-8,19-20H2. The van der Waals surface area contributed by atoms with E-state index in [1.165, 1.54) is 20.7 Å². The van der Waals surface area contributed by atoms with Crippen LogP contribution in [0.15, 0.2) is 46.2 Å². The summed E-state index contributed by atoms with van der Waals surface area (Å²) in [7, 11) is 7.66. The summed E-state index contributed by atoms with van der Waals surface area (Å²) < 4.78 is 22.6. The fraction of sp³-hybridized carbons (Fsp3) is 0.333. The third-order valence-corrected chi connectivity index (χ3v) is 6.87. The predicted molar refractivity (Wildman–Crippen MR) is 110 cm³/mol. The topological polar surface area (TPSA) is 36.9 Å². The Morgan fingerprint density at radius 3 is 1.42 bits per heavy atom. The van der Waals surface area contributed by atoms with Crippen molar-refractivity contribution in [2.45, 2.75) is 22.4 Å². The Balaban J connectivity index is 1.47. The minimum absolute atomic E-state index is 0.233. The van der Waals surface area contributed by atoms with Crippen LogP contribution in [-0.2, 0) is 18.9 Å². The molecule has 0 saturated carbocycles. The zero-order chi connectivity index (χ0) is 17.9. The lowest BCUT2D eigenvalue weighted by molar-refractivity contribution is -0.0437. The molecule has 0 spiro atoms. The lowest BCUT2D eigenvalue weighted by atomic mass is 9.90. The minimum atomic E-state index is -0.233. The highest BCUT2D eigenvalue weighted by molar-refractivity contribution is 8.76. The van der Waals surface area contributed by atoms with E-state index in [9.17, 15) is 0 Å². The Kier molecular flexibility index (Phi) is 5.98. The molecule has 134 valence electrons. The Morgan fingerprint density at radius 2 is 1.04 bits per heavy atom. The van der Waals surface area contributed by atoms with Crippen LogP contribution in [0, 0.1) is 0 Å². The predicted octanol–water partition coefficient (Wildman–Crippen LogP) is 1.09. The molecule has 0 bridgehead atoms. The van der Waals surface area contributed by atoms with E-state index in [-0.39, 0.29) is 12.6 Å². The quantitative estimate of drug-likeness (QED) is 0.566. The summed E-state index contributed by atoms with van der Waals surface area (Å²) in [6.07, 6.45) is -0.466. The fourth-order valence-corrected chi connectivity index (χ4v) is 5.01. The van der Waals surface area contributed by atoms with Crippen LogP contribution >= 0.6 is 21.6 Å². The highest BCUT2D eigenvalue weighted by atomic mass is 33.1. The zero-order valence-corrected chi connectivity index (χ0v) is 16.5. The van der Waals surface area contributed by atoms with Gasteiger partial charge in [-0.05, 0) is 24.3 Å². The summed E-state index contributed by atoms with van der Waals surface area (Å²) >= 11 is 0. The number of ether oxygens (including phenoxy) is 4. The number of hydrogen-bond donors (Lipinski definition) is 0. The second-order valence-corrected chi connectivity index (χ2v) is 8.63. The highest BCUT2D eigenvalue weighted by Crippen LogP contribution is 2.39. The van der Waals surface area contributed by atoms with Crippen LogP contribution < -0.4 is 10.9 Å². The van der Waals surface area contributed by atoms with E-state index in [1.807, 2.05) is 0 Å². The maximum absolute atomic E-state index is 5.66. The molecule has 0 N–H and O–H groups in total. The third kappa shape index (κ3) is 4.16. The van der Waals surface area contributed by atoms with Gasteiger partial charge in [0.1, 0.15) is 15.7 Å². The second-order valence-electron chi connectivity index (χ2n) is 6.35. The van der Waals surface area contributed by atoms with Crippen LogP contribution in [0.5, 0.6) is 0 Å². The molecule has 2 aliphatic heterocycles. The molecule has 4 rings (SSSR count). The molecule has 2 aromatic carbocycles. The van der Waals surface area contributed by atoms with E-state index in [1.54, 1.807) is 21.6 Å². The largest absolute Gasteiger partial charge is 0.346 e. The molecule has 2 aliphatic rings. The van der Waals surface area contributed by atoms with Gasteiger partial charge in [-0.2, -0.15) is 0 Å². The van der Waals surface area contributed by atoms with E-state index in [0.29, 0.717) is 26.4 Å². The van der Waals surface area contributed by atoms with Gasteiger partial charge in [0, 0.05) is 20.9 Å². The average molecular weight is 386 g/mol. The normalized spacial score (nSPS) is 18.6. The van der Waals surface area contributed by atoms with Gasteiger partial charge in [0.15, 0.2) is 12.6 Å². The van der Waals surface area contributed by atoms with Gasteiger partial charge in [0.05, 0.1) is 26.4 Å². The van der Waals surface area contributed by atoms with Crippen molar-refractivity contribution in [3.63, 3.8) is 0 Å². The van der Waals surface area contributed by atoms with Gasteiger partial charge < -0.3 is 18.9 Å². The lowest BCUT2D eigenvalue weighted by Gasteiger charge is -2.15. The molecule has 0 atom stereocenters. The van der Waals surface area contributed by atoms with Crippen LogP contribution in [0.2, 0.25) is 0 Å². The van der Waals surface area contributed by atoms with Gasteiger partial charge in [-0.15, -0.1) is 0 Å². The molecule has 0 aliphatic carbocycles. The smallest absolute Gasteiger partial charge is 0.183 e. The summed E-state index contributed by atoms with van der Waals surface area (Å²) in [6.45, 7) is 2.64. The molecule has 2 saturated heterocycles. The number of hydrogen-bond acceptors (Lipinski definition) is 6. The maximum atomic E-state index is 5.66. The summed E-state index contributed by atoms with van der Waals surface area (Å²) in [5.74, 6) is 0. The molecule has 0 radical (unpaired) electrons. The highest BCUT2D eigenvalue weighted by Gasteiger charge is 2.21. The summed E-state index contributed by atoms with van der Waals surface area (Å²) in [5.41, 5.74) is 4.62. The van der Waals surface area contributed by atoms with Crippen LogP contribution in [0.1, 0.15) is 23.7 Å². The Labute approximate surface area is 163 Å². The molecule has 2 aromatic rings. The molecular formula is C18H20B2O4S2. The maximum Gasteiger partial charge on any atom is 0.183 e. The van der Waals surface area contributed by atoms with E-state index < -0.39 is 0 Å². The van der Waals surface area contributed by atoms with Crippen LogP contribution in [-0.4, -0.2) is 42.1 Å². The second kappa shape index (κ2) is 8.42. The van der Waals surface area contributed by atoms with Gasteiger partial charge in [-0.3, -0.25) is 0 Å². The monoisotopic (exact) mass is 386 g/mol. The van der Waals surface area contributed by atoms with Crippen LogP contribution in [0.4, 0.5) is 0 Å². The van der Waals surface area contributed by atoms with Crippen molar-refractivity contribution < 1.29 is 18.9 Å². The molecule has 0 amide bonds. The first-order valence-electron chi connectivity index (χ1n) is 8.73. The average Bonchev–Trinajstić information content (AvgIpc) is 3.36. The third-order valence-electron chi connectivity index (χ3n) is 4.49. The van der Waals surface area contributed by atoms with Crippen molar-refractivity contribution >= 4 is 48.2 Å². The molecule has 0 aromatic heterocycles. The summed E-state index contributed by atoms with van der Waals surface area (Å²) in [6, 6.07) is 12.9. The first-order valence-corrected chi connectivity index (χ1v) is 10.9. The molecule has 26 heavy (non-hydrogen) atoms. The van der Waals surface area contributed by atoms with E-state index in [4.69, 9.17) is 18.9 Å². The molecule has 0 unspecified atom stereocenters. The van der Waals surface area contributed by atoms with E-state index in [2.05, 4.69) is 52.1 Å². The van der Waals surface area contributed by atoms with Crippen molar-refractivity contribution in [2.75, 3.05) is 26.4 Å². The first-order chi connectivity index (χ1) is 12.7. The Hall–Kier alpha value is -0.890. The van der Waals surface area contributed by atoms with Crippen molar-refractivity contribution in [3.8, 4) is 0 Å². The van der Waals surface area contributed by atoms with Crippen molar-refractivity contribution in [3.05, 3.63) is 47.5 Å². The van der Waals surface area contributed by atoms with Crippen LogP contribution in [0.3, 0.4) is 0 Å². The van der Waals surface area contributed by atoms with Gasteiger partial charge in [0.25, 0.3) is 0 Å². The summed E-state index contributed by atoms with van der Waals surface area (Å²) in [4.78, 5) is 2.37. The first kappa shape index (κ1) is 18.5. The van der Waals surface area contributed by atoms with Gasteiger partial charge >= 0.3 is 0 Å². The molecule has 2 heterocycles. The lowest BCUT2D eigenvalue weighted by Crippen LogP contribution is -2.15. The Morgan fingerprint density at radius 1 is 0.654 bits per heavy atom.